The molecule has 0 aliphatic carbocycles. The highest BCUT2D eigenvalue weighted by Gasteiger charge is 2.11. The van der Waals surface area contributed by atoms with E-state index in [1.54, 1.807) is 7.11 Å². The van der Waals surface area contributed by atoms with E-state index in [0.29, 0.717) is 0 Å². The maximum Gasteiger partial charge on any atom is 0.0641 e. The van der Waals surface area contributed by atoms with Crippen LogP contribution in [0, 0.1) is 13.8 Å². The summed E-state index contributed by atoms with van der Waals surface area (Å²) in [6.45, 7) is 15.4. The number of rotatable bonds is 10. The zero-order valence-electron chi connectivity index (χ0n) is 13.7. The smallest absolute Gasteiger partial charge is 0.0641 e. The van der Waals surface area contributed by atoms with Gasteiger partial charge in [0.1, 0.15) is 0 Å². The molecule has 1 heterocycles. The quantitative estimate of drug-likeness (QED) is 0.662. The van der Waals surface area contributed by atoms with Gasteiger partial charge < -0.3 is 15.0 Å². The van der Waals surface area contributed by atoms with Crippen molar-refractivity contribution in [1.82, 2.24) is 20.0 Å². The molecule has 0 fully saturated rings. The minimum atomic E-state index is 0.744. The lowest BCUT2D eigenvalue weighted by molar-refractivity contribution is 0.199. The van der Waals surface area contributed by atoms with Gasteiger partial charge in [0.25, 0.3) is 0 Å². The van der Waals surface area contributed by atoms with Crippen molar-refractivity contribution in [2.45, 2.75) is 40.8 Å². The fraction of sp³-hybridized carbons (Fsp3) is 0.800. The third-order valence-electron chi connectivity index (χ3n) is 3.84. The molecule has 0 bridgehead atoms. The Morgan fingerprint density at radius 1 is 1.25 bits per heavy atom. The van der Waals surface area contributed by atoms with E-state index in [0.717, 1.165) is 51.6 Å². The molecule has 5 nitrogen and oxygen atoms in total. The number of ether oxygens (including phenoxy) is 1. The standard InChI is InChI=1S/C15H30N4O/c1-6-18(7-2)9-10-19-14(4)15(13(3)17-19)12-16-8-11-20-5/h16H,6-12H2,1-5H3. The lowest BCUT2D eigenvalue weighted by Gasteiger charge is -2.18. The molecule has 1 N–H and O–H groups in total. The molecule has 20 heavy (non-hydrogen) atoms. The van der Waals surface area contributed by atoms with Crippen molar-refractivity contribution in [2.24, 2.45) is 0 Å². The molecule has 5 heteroatoms. The zero-order valence-corrected chi connectivity index (χ0v) is 13.7. The molecule has 0 spiro atoms. The molecule has 0 aliphatic heterocycles. The van der Waals surface area contributed by atoms with Crippen molar-refractivity contribution < 1.29 is 4.74 Å². The van der Waals surface area contributed by atoms with Gasteiger partial charge in [-0.2, -0.15) is 5.10 Å². The molecule has 0 aromatic carbocycles. The maximum absolute atomic E-state index is 5.05. The largest absolute Gasteiger partial charge is 0.383 e. The van der Waals surface area contributed by atoms with Crippen LogP contribution in [-0.2, 0) is 17.8 Å². The van der Waals surface area contributed by atoms with Crippen LogP contribution in [-0.4, -0.2) is 54.6 Å². The van der Waals surface area contributed by atoms with Crippen LogP contribution in [0.4, 0.5) is 0 Å². The highest BCUT2D eigenvalue weighted by molar-refractivity contribution is 5.24. The van der Waals surface area contributed by atoms with Crippen LogP contribution < -0.4 is 5.32 Å². The molecule has 0 atom stereocenters. The Balaban J connectivity index is 2.56. The topological polar surface area (TPSA) is 42.3 Å². The average molecular weight is 282 g/mol. The van der Waals surface area contributed by atoms with Crippen molar-refractivity contribution in [3.05, 3.63) is 17.0 Å². The third-order valence-corrected chi connectivity index (χ3v) is 3.84. The first kappa shape index (κ1) is 17.1. The molecule has 0 radical (unpaired) electrons. The van der Waals surface area contributed by atoms with E-state index >= 15 is 0 Å². The summed E-state index contributed by atoms with van der Waals surface area (Å²) in [7, 11) is 1.73. The molecule has 1 aromatic heterocycles. The molecule has 0 saturated carbocycles. The summed E-state index contributed by atoms with van der Waals surface area (Å²) in [5.41, 5.74) is 3.73. The van der Waals surface area contributed by atoms with Gasteiger partial charge in [-0.05, 0) is 26.9 Å². The van der Waals surface area contributed by atoms with Crippen LogP contribution in [0.1, 0.15) is 30.8 Å². The van der Waals surface area contributed by atoms with Crippen LogP contribution >= 0.6 is 0 Å². The van der Waals surface area contributed by atoms with Gasteiger partial charge in [-0.1, -0.05) is 13.8 Å². The van der Waals surface area contributed by atoms with E-state index in [9.17, 15) is 0 Å². The first-order valence-electron chi connectivity index (χ1n) is 7.58. The molecule has 0 unspecified atom stereocenters. The summed E-state index contributed by atoms with van der Waals surface area (Å²) in [6, 6.07) is 0. The Hall–Kier alpha value is -0.910. The number of methoxy groups -OCH3 is 1. The summed E-state index contributed by atoms with van der Waals surface area (Å²) < 4.78 is 7.19. The van der Waals surface area contributed by atoms with Crippen molar-refractivity contribution >= 4 is 0 Å². The van der Waals surface area contributed by atoms with Gasteiger partial charge in [0, 0.05) is 38.0 Å². The van der Waals surface area contributed by atoms with Crippen LogP contribution in [0.3, 0.4) is 0 Å². The van der Waals surface area contributed by atoms with Crippen LogP contribution in [0.15, 0.2) is 0 Å². The Kier molecular flexibility index (Phi) is 7.80. The van der Waals surface area contributed by atoms with Crippen molar-refractivity contribution in [3.8, 4) is 0 Å². The van der Waals surface area contributed by atoms with E-state index in [1.807, 2.05) is 0 Å². The summed E-state index contributed by atoms with van der Waals surface area (Å²) >= 11 is 0. The second kappa shape index (κ2) is 9.10. The van der Waals surface area contributed by atoms with Gasteiger partial charge >= 0.3 is 0 Å². The van der Waals surface area contributed by atoms with E-state index in [-0.39, 0.29) is 0 Å². The summed E-state index contributed by atoms with van der Waals surface area (Å²) in [5.74, 6) is 0. The predicted molar refractivity (Wildman–Crippen MR) is 83.1 cm³/mol. The Bertz CT molecular complexity index is 385. The van der Waals surface area contributed by atoms with Gasteiger partial charge in [-0.15, -0.1) is 0 Å². The normalized spacial score (nSPS) is 11.5. The van der Waals surface area contributed by atoms with Crippen molar-refractivity contribution in [1.29, 1.82) is 0 Å². The molecule has 116 valence electrons. The summed E-state index contributed by atoms with van der Waals surface area (Å²) in [6.07, 6.45) is 0. The number of nitrogens with one attached hydrogen (secondary N) is 1. The predicted octanol–water partition coefficient (Wildman–Crippen LogP) is 1.58. The van der Waals surface area contributed by atoms with Gasteiger partial charge in [0.05, 0.1) is 18.8 Å². The van der Waals surface area contributed by atoms with E-state index in [1.165, 1.54) is 11.3 Å². The highest BCUT2D eigenvalue weighted by Crippen LogP contribution is 2.12. The van der Waals surface area contributed by atoms with Crippen molar-refractivity contribution in [2.75, 3.05) is 39.9 Å². The molecule has 0 saturated heterocycles. The highest BCUT2D eigenvalue weighted by atomic mass is 16.5. The molecular weight excluding hydrogens is 252 g/mol. The Morgan fingerprint density at radius 3 is 2.55 bits per heavy atom. The molecule has 0 amide bonds. The lowest BCUT2D eigenvalue weighted by atomic mass is 10.2. The molecule has 1 aromatic rings. The molecule has 1 rings (SSSR count). The number of nitrogens with zero attached hydrogens (tertiary/aromatic N) is 3. The number of hydrogen-bond acceptors (Lipinski definition) is 4. The maximum atomic E-state index is 5.05. The minimum Gasteiger partial charge on any atom is -0.383 e. The first-order valence-corrected chi connectivity index (χ1v) is 7.58. The van der Waals surface area contributed by atoms with Crippen LogP contribution in [0.5, 0.6) is 0 Å². The number of aryl methyl sites for hydroxylation is 1. The fourth-order valence-corrected chi connectivity index (χ4v) is 2.37. The SMILES string of the molecule is CCN(CC)CCn1nc(C)c(CNCCOC)c1C. The van der Waals surface area contributed by atoms with Gasteiger partial charge in [0.2, 0.25) is 0 Å². The number of aromatic nitrogens is 2. The third kappa shape index (κ3) is 4.89. The zero-order chi connectivity index (χ0) is 15.0. The molecular formula is C15H30N4O. The average Bonchev–Trinajstić information content (AvgIpc) is 2.71. The van der Waals surface area contributed by atoms with E-state index < -0.39 is 0 Å². The number of likely N-dealkylation sites (N-methyl/N-ethyl adjacent to an activating group) is 1. The van der Waals surface area contributed by atoms with E-state index in [2.05, 4.69) is 47.7 Å². The molecule has 0 aliphatic rings. The second-order valence-electron chi connectivity index (χ2n) is 5.07. The van der Waals surface area contributed by atoms with Gasteiger partial charge in [-0.3, -0.25) is 4.68 Å². The van der Waals surface area contributed by atoms with E-state index in [4.69, 9.17) is 4.74 Å². The minimum absolute atomic E-state index is 0.744. The van der Waals surface area contributed by atoms with Gasteiger partial charge in [0.15, 0.2) is 0 Å². The Morgan fingerprint density at radius 2 is 1.95 bits per heavy atom. The monoisotopic (exact) mass is 282 g/mol. The van der Waals surface area contributed by atoms with Crippen LogP contribution in [0.25, 0.3) is 0 Å². The second-order valence-corrected chi connectivity index (χ2v) is 5.07. The lowest BCUT2D eigenvalue weighted by Crippen LogP contribution is -2.27. The number of hydrogen-bond donors (Lipinski definition) is 1. The first-order chi connectivity index (χ1) is 9.63. The summed E-state index contributed by atoms with van der Waals surface area (Å²) in [5, 5.41) is 8.06. The Labute approximate surface area is 123 Å². The fourth-order valence-electron chi connectivity index (χ4n) is 2.37. The van der Waals surface area contributed by atoms with Crippen LogP contribution in [0.2, 0.25) is 0 Å². The van der Waals surface area contributed by atoms with Gasteiger partial charge in [-0.25, -0.2) is 0 Å². The van der Waals surface area contributed by atoms with Crippen molar-refractivity contribution in [3.63, 3.8) is 0 Å². The summed E-state index contributed by atoms with van der Waals surface area (Å²) in [4.78, 5) is 2.42.